The zero-order chi connectivity index (χ0) is 22.4. The summed E-state index contributed by atoms with van der Waals surface area (Å²) in [4.78, 5) is 31.3. The van der Waals surface area contributed by atoms with Crippen molar-refractivity contribution in [2.45, 2.75) is 26.3 Å². The number of nitrogens with one attached hydrogen (secondary N) is 1. The lowest BCUT2D eigenvalue weighted by Crippen LogP contribution is -2.54. The van der Waals surface area contributed by atoms with E-state index in [2.05, 4.69) is 15.1 Å². The van der Waals surface area contributed by atoms with Gasteiger partial charge in [0.2, 0.25) is 11.8 Å². The van der Waals surface area contributed by atoms with Crippen LogP contribution in [0.25, 0.3) is 0 Å². The number of hydrogen-bond acceptors (Lipinski definition) is 4. The molecule has 1 aliphatic rings. The highest BCUT2D eigenvalue weighted by Crippen LogP contribution is 2.26. The van der Waals surface area contributed by atoms with E-state index >= 15 is 0 Å². The second kappa shape index (κ2) is 10.6. The standard InChI is InChI=1S/C24H31ClN4O2/c1-4-19-9-5-7-11-21(19)26-23(30)17-27(3)24(31)18(2)28-13-15-29(16-14-28)22-12-8-6-10-20(22)25/h5-12,18H,4,13-17H2,1-3H3,(H,26,30)/t18-/m0/s1. The van der Waals surface area contributed by atoms with Gasteiger partial charge in [-0.2, -0.15) is 0 Å². The molecule has 3 rings (SSSR count). The minimum absolute atomic E-state index is 0.0286. The van der Waals surface area contributed by atoms with E-state index in [1.165, 1.54) is 4.90 Å². The summed E-state index contributed by atoms with van der Waals surface area (Å²) >= 11 is 6.32. The number of hydrogen-bond donors (Lipinski definition) is 1. The zero-order valence-corrected chi connectivity index (χ0v) is 19.2. The van der Waals surface area contributed by atoms with Gasteiger partial charge < -0.3 is 15.1 Å². The van der Waals surface area contributed by atoms with Crippen molar-refractivity contribution in [1.82, 2.24) is 9.80 Å². The quantitative estimate of drug-likeness (QED) is 0.712. The van der Waals surface area contributed by atoms with Crippen LogP contribution in [-0.2, 0) is 16.0 Å². The first-order valence-corrected chi connectivity index (χ1v) is 11.1. The van der Waals surface area contributed by atoms with E-state index in [4.69, 9.17) is 11.6 Å². The van der Waals surface area contributed by atoms with Crippen LogP contribution in [0, 0.1) is 0 Å². The summed E-state index contributed by atoms with van der Waals surface area (Å²) in [6, 6.07) is 15.3. The molecule has 0 radical (unpaired) electrons. The Morgan fingerprint density at radius 1 is 1.06 bits per heavy atom. The SMILES string of the molecule is CCc1ccccc1NC(=O)CN(C)C(=O)[C@H](C)N1CCN(c2ccccc2Cl)CC1. The molecule has 166 valence electrons. The molecule has 0 aliphatic carbocycles. The van der Waals surface area contributed by atoms with Crippen molar-refractivity contribution in [1.29, 1.82) is 0 Å². The highest BCUT2D eigenvalue weighted by molar-refractivity contribution is 6.33. The molecule has 1 aliphatic heterocycles. The second-order valence-corrected chi connectivity index (χ2v) is 8.31. The number of amides is 2. The lowest BCUT2D eigenvalue weighted by Gasteiger charge is -2.39. The van der Waals surface area contributed by atoms with Gasteiger partial charge in [-0.3, -0.25) is 14.5 Å². The molecule has 0 unspecified atom stereocenters. The number of carbonyl (C=O) groups is 2. The molecular weight excluding hydrogens is 412 g/mol. The molecule has 0 bridgehead atoms. The van der Waals surface area contributed by atoms with Crippen molar-refractivity contribution in [3.8, 4) is 0 Å². The molecule has 6 nitrogen and oxygen atoms in total. The van der Waals surface area contributed by atoms with Gasteiger partial charge in [0.05, 0.1) is 23.3 Å². The number of halogens is 1. The normalized spacial score (nSPS) is 15.4. The van der Waals surface area contributed by atoms with Crippen LogP contribution >= 0.6 is 11.6 Å². The number of aryl methyl sites for hydroxylation is 1. The largest absolute Gasteiger partial charge is 0.368 e. The highest BCUT2D eigenvalue weighted by Gasteiger charge is 2.28. The Hall–Kier alpha value is -2.57. The van der Waals surface area contributed by atoms with Gasteiger partial charge in [0.25, 0.3) is 0 Å². The summed E-state index contributed by atoms with van der Waals surface area (Å²) < 4.78 is 0. The van der Waals surface area contributed by atoms with Crippen molar-refractivity contribution in [2.75, 3.05) is 50.0 Å². The molecule has 31 heavy (non-hydrogen) atoms. The van der Waals surface area contributed by atoms with Gasteiger partial charge in [0.15, 0.2) is 0 Å². The number of nitrogens with zero attached hydrogens (tertiary/aromatic N) is 3. The summed E-state index contributed by atoms with van der Waals surface area (Å²) in [5.74, 6) is -0.238. The predicted octanol–water partition coefficient (Wildman–Crippen LogP) is 3.51. The molecule has 2 amide bonds. The molecule has 2 aromatic rings. The van der Waals surface area contributed by atoms with Crippen LogP contribution in [0.1, 0.15) is 19.4 Å². The van der Waals surface area contributed by atoms with Gasteiger partial charge in [-0.05, 0) is 37.1 Å². The van der Waals surface area contributed by atoms with Gasteiger partial charge in [-0.15, -0.1) is 0 Å². The van der Waals surface area contributed by atoms with Crippen LogP contribution in [0.5, 0.6) is 0 Å². The third kappa shape index (κ3) is 5.77. The van der Waals surface area contributed by atoms with E-state index in [9.17, 15) is 9.59 Å². The molecule has 0 aromatic heterocycles. The third-order valence-corrected chi connectivity index (χ3v) is 6.16. The lowest BCUT2D eigenvalue weighted by atomic mass is 10.1. The first kappa shape index (κ1) is 23.1. The van der Waals surface area contributed by atoms with Gasteiger partial charge in [-0.1, -0.05) is 48.9 Å². The Morgan fingerprint density at radius 3 is 2.39 bits per heavy atom. The molecule has 1 fully saturated rings. The fourth-order valence-electron chi connectivity index (χ4n) is 3.97. The number of rotatable bonds is 7. The van der Waals surface area contributed by atoms with Crippen molar-refractivity contribution in [2.24, 2.45) is 0 Å². The number of anilines is 2. The van der Waals surface area contributed by atoms with Crippen molar-refractivity contribution >= 4 is 34.8 Å². The lowest BCUT2D eigenvalue weighted by molar-refractivity contribution is -0.137. The number of piperazine rings is 1. The second-order valence-electron chi connectivity index (χ2n) is 7.90. The van der Waals surface area contributed by atoms with Crippen LogP contribution in [0.2, 0.25) is 5.02 Å². The number of benzene rings is 2. The average Bonchev–Trinajstić information content (AvgIpc) is 2.78. The van der Waals surface area contributed by atoms with Crippen LogP contribution < -0.4 is 10.2 Å². The Labute approximate surface area is 189 Å². The van der Waals surface area contributed by atoms with E-state index in [0.29, 0.717) is 0 Å². The smallest absolute Gasteiger partial charge is 0.243 e. The monoisotopic (exact) mass is 442 g/mol. The molecule has 1 saturated heterocycles. The fourth-order valence-corrected chi connectivity index (χ4v) is 4.22. The number of para-hydroxylation sites is 2. The fraction of sp³-hybridized carbons (Fsp3) is 0.417. The summed E-state index contributed by atoms with van der Waals surface area (Å²) in [6.07, 6.45) is 0.836. The Bertz CT molecular complexity index is 912. The molecule has 0 spiro atoms. The van der Waals surface area contributed by atoms with Gasteiger partial charge >= 0.3 is 0 Å². The van der Waals surface area contributed by atoms with Crippen LogP contribution in [0.15, 0.2) is 48.5 Å². The Kier molecular flexibility index (Phi) is 7.93. The predicted molar refractivity (Wildman–Crippen MR) is 127 cm³/mol. The van der Waals surface area contributed by atoms with Crippen LogP contribution in [0.4, 0.5) is 11.4 Å². The number of carbonyl (C=O) groups excluding carboxylic acids is 2. The molecular formula is C24H31ClN4O2. The van der Waals surface area contributed by atoms with Gasteiger partial charge in [0, 0.05) is 38.9 Å². The first-order valence-electron chi connectivity index (χ1n) is 10.8. The summed E-state index contributed by atoms with van der Waals surface area (Å²) in [5, 5.41) is 3.68. The van der Waals surface area contributed by atoms with E-state index in [0.717, 1.165) is 54.6 Å². The molecule has 7 heteroatoms. The Balaban J connectivity index is 1.51. The van der Waals surface area contributed by atoms with Crippen molar-refractivity contribution in [3.05, 3.63) is 59.1 Å². The molecule has 1 N–H and O–H groups in total. The van der Waals surface area contributed by atoms with E-state index in [-0.39, 0.29) is 24.4 Å². The van der Waals surface area contributed by atoms with Gasteiger partial charge in [0.1, 0.15) is 0 Å². The zero-order valence-electron chi connectivity index (χ0n) is 18.5. The van der Waals surface area contributed by atoms with Gasteiger partial charge in [-0.25, -0.2) is 0 Å². The molecule has 1 heterocycles. The maximum atomic E-state index is 12.9. The molecule has 0 saturated carbocycles. The maximum Gasteiger partial charge on any atom is 0.243 e. The van der Waals surface area contributed by atoms with E-state index < -0.39 is 0 Å². The van der Waals surface area contributed by atoms with Crippen LogP contribution in [0.3, 0.4) is 0 Å². The van der Waals surface area contributed by atoms with Crippen molar-refractivity contribution < 1.29 is 9.59 Å². The third-order valence-electron chi connectivity index (χ3n) is 5.84. The highest BCUT2D eigenvalue weighted by atomic mass is 35.5. The topological polar surface area (TPSA) is 55.9 Å². The summed E-state index contributed by atoms with van der Waals surface area (Å²) in [7, 11) is 1.68. The molecule has 1 atom stereocenters. The minimum atomic E-state index is -0.283. The summed E-state index contributed by atoms with van der Waals surface area (Å²) in [5.41, 5.74) is 2.91. The summed E-state index contributed by atoms with van der Waals surface area (Å²) in [6.45, 7) is 7.13. The van der Waals surface area contributed by atoms with Crippen LogP contribution in [-0.4, -0.2) is 67.4 Å². The minimum Gasteiger partial charge on any atom is -0.368 e. The average molecular weight is 443 g/mol. The Morgan fingerprint density at radius 2 is 1.71 bits per heavy atom. The van der Waals surface area contributed by atoms with E-state index in [1.807, 2.05) is 62.4 Å². The first-order chi connectivity index (χ1) is 14.9. The van der Waals surface area contributed by atoms with Crippen molar-refractivity contribution in [3.63, 3.8) is 0 Å². The van der Waals surface area contributed by atoms with E-state index in [1.54, 1.807) is 7.05 Å². The molecule has 2 aromatic carbocycles. The maximum absolute atomic E-state index is 12.9. The number of likely N-dealkylation sites (N-methyl/N-ethyl adjacent to an activating group) is 1.